The molecular formula is C14H19N3O3S. The standard InChI is InChI=1S/C14H19N3O3S/c15-14(17-19)10-1-3-12(4-2-10)20-9-13(18)16-11-5-7-21-8-6-11/h1-4,11,19H,5-9H2,(H2,15,17)(H,16,18). The van der Waals surface area contributed by atoms with Crippen LogP contribution in [0.5, 0.6) is 5.75 Å². The minimum Gasteiger partial charge on any atom is -0.484 e. The predicted molar refractivity (Wildman–Crippen MR) is 82.9 cm³/mol. The van der Waals surface area contributed by atoms with E-state index < -0.39 is 0 Å². The Kier molecular flexibility index (Phi) is 5.74. The molecule has 0 radical (unpaired) electrons. The van der Waals surface area contributed by atoms with E-state index in [4.69, 9.17) is 15.7 Å². The van der Waals surface area contributed by atoms with Crippen LogP contribution in [0.3, 0.4) is 0 Å². The van der Waals surface area contributed by atoms with Gasteiger partial charge >= 0.3 is 0 Å². The Morgan fingerprint density at radius 3 is 2.67 bits per heavy atom. The highest BCUT2D eigenvalue weighted by molar-refractivity contribution is 7.99. The number of carbonyl (C=O) groups is 1. The van der Waals surface area contributed by atoms with Gasteiger partial charge in [-0.05, 0) is 48.6 Å². The van der Waals surface area contributed by atoms with Gasteiger partial charge in [0.15, 0.2) is 12.4 Å². The molecule has 1 aliphatic rings. The molecule has 1 saturated heterocycles. The molecule has 4 N–H and O–H groups in total. The Morgan fingerprint density at radius 2 is 2.05 bits per heavy atom. The van der Waals surface area contributed by atoms with Gasteiger partial charge in [0, 0.05) is 11.6 Å². The molecule has 1 fully saturated rings. The Morgan fingerprint density at radius 1 is 1.38 bits per heavy atom. The van der Waals surface area contributed by atoms with Gasteiger partial charge in [0.25, 0.3) is 5.91 Å². The van der Waals surface area contributed by atoms with Crippen molar-refractivity contribution >= 4 is 23.5 Å². The zero-order valence-corrected chi connectivity index (χ0v) is 12.4. The number of hydrogen-bond donors (Lipinski definition) is 3. The molecular weight excluding hydrogens is 290 g/mol. The van der Waals surface area contributed by atoms with Crippen LogP contribution in [0.4, 0.5) is 0 Å². The first-order valence-corrected chi connectivity index (χ1v) is 7.92. The average Bonchev–Trinajstić information content (AvgIpc) is 2.53. The van der Waals surface area contributed by atoms with E-state index in [2.05, 4.69) is 10.5 Å². The second kappa shape index (κ2) is 7.78. The maximum Gasteiger partial charge on any atom is 0.258 e. The summed E-state index contributed by atoms with van der Waals surface area (Å²) in [6.07, 6.45) is 2.04. The van der Waals surface area contributed by atoms with Gasteiger partial charge in [-0.3, -0.25) is 4.79 Å². The maximum atomic E-state index is 11.8. The number of amides is 1. The molecule has 0 atom stereocenters. The highest BCUT2D eigenvalue weighted by Gasteiger charge is 2.16. The van der Waals surface area contributed by atoms with Gasteiger partial charge in [-0.1, -0.05) is 5.16 Å². The molecule has 114 valence electrons. The van der Waals surface area contributed by atoms with Crippen molar-refractivity contribution in [3.05, 3.63) is 29.8 Å². The van der Waals surface area contributed by atoms with E-state index >= 15 is 0 Å². The summed E-state index contributed by atoms with van der Waals surface area (Å²) < 4.78 is 5.42. The fraction of sp³-hybridized carbons (Fsp3) is 0.429. The first kappa shape index (κ1) is 15.5. The predicted octanol–water partition coefficient (Wildman–Crippen LogP) is 1.17. The van der Waals surface area contributed by atoms with Crippen molar-refractivity contribution in [2.24, 2.45) is 10.9 Å². The first-order chi connectivity index (χ1) is 10.2. The number of thioether (sulfide) groups is 1. The molecule has 1 aromatic rings. The van der Waals surface area contributed by atoms with Gasteiger partial charge in [-0.2, -0.15) is 11.8 Å². The lowest BCUT2D eigenvalue weighted by Gasteiger charge is -2.22. The van der Waals surface area contributed by atoms with Crippen molar-refractivity contribution < 1.29 is 14.7 Å². The number of hydrogen-bond acceptors (Lipinski definition) is 5. The molecule has 1 heterocycles. The van der Waals surface area contributed by atoms with Crippen LogP contribution in [0.15, 0.2) is 29.4 Å². The molecule has 0 aromatic heterocycles. The van der Waals surface area contributed by atoms with Crippen LogP contribution in [0.1, 0.15) is 18.4 Å². The van der Waals surface area contributed by atoms with Crippen LogP contribution < -0.4 is 15.8 Å². The Balaban J connectivity index is 1.78. The van der Waals surface area contributed by atoms with Crippen molar-refractivity contribution in [3.8, 4) is 5.75 Å². The Hall–Kier alpha value is -1.89. The third kappa shape index (κ3) is 4.86. The Bertz CT molecular complexity index is 499. The summed E-state index contributed by atoms with van der Waals surface area (Å²) in [7, 11) is 0. The van der Waals surface area contributed by atoms with E-state index in [0.29, 0.717) is 11.3 Å². The van der Waals surface area contributed by atoms with Gasteiger partial charge < -0.3 is 21.0 Å². The van der Waals surface area contributed by atoms with Crippen LogP contribution in [0.25, 0.3) is 0 Å². The van der Waals surface area contributed by atoms with Gasteiger partial charge in [0.2, 0.25) is 0 Å². The van der Waals surface area contributed by atoms with Crippen LogP contribution in [0.2, 0.25) is 0 Å². The van der Waals surface area contributed by atoms with Crippen LogP contribution in [0, 0.1) is 0 Å². The van der Waals surface area contributed by atoms with Crippen molar-refractivity contribution in [1.82, 2.24) is 5.32 Å². The van der Waals surface area contributed by atoms with Crippen molar-refractivity contribution in [3.63, 3.8) is 0 Å². The van der Waals surface area contributed by atoms with Crippen molar-refractivity contribution in [2.75, 3.05) is 18.1 Å². The quantitative estimate of drug-likeness (QED) is 0.328. The number of nitrogens with two attached hydrogens (primary N) is 1. The number of oxime groups is 1. The van der Waals surface area contributed by atoms with E-state index in [-0.39, 0.29) is 24.4 Å². The summed E-state index contributed by atoms with van der Waals surface area (Å²) in [6, 6.07) is 6.96. The van der Waals surface area contributed by atoms with Gasteiger partial charge in [-0.25, -0.2) is 0 Å². The number of benzene rings is 1. The molecule has 0 spiro atoms. The molecule has 2 rings (SSSR count). The van der Waals surface area contributed by atoms with Gasteiger partial charge in [0.05, 0.1) is 0 Å². The second-order valence-corrected chi connectivity index (χ2v) is 5.98. The summed E-state index contributed by atoms with van der Waals surface area (Å²) in [4.78, 5) is 11.8. The lowest BCUT2D eigenvalue weighted by Crippen LogP contribution is -2.39. The molecule has 0 aliphatic carbocycles. The molecule has 0 unspecified atom stereocenters. The molecule has 7 heteroatoms. The van der Waals surface area contributed by atoms with Gasteiger partial charge in [-0.15, -0.1) is 0 Å². The minimum atomic E-state index is -0.104. The lowest BCUT2D eigenvalue weighted by atomic mass is 10.1. The summed E-state index contributed by atoms with van der Waals surface area (Å²) >= 11 is 1.92. The number of nitrogens with one attached hydrogen (secondary N) is 1. The summed E-state index contributed by atoms with van der Waals surface area (Å²) in [5.41, 5.74) is 6.06. The van der Waals surface area contributed by atoms with Crippen LogP contribution in [-0.4, -0.2) is 41.1 Å². The van der Waals surface area contributed by atoms with Crippen LogP contribution >= 0.6 is 11.8 Å². The molecule has 1 aliphatic heterocycles. The van der Waals surface area contributed by atoms with E-state index in [9.17, 15) is 4.79 Å². The third-order valence-corrected chi connectivity index (χ3v) is 4.26. The summed E-state index contributed by atoms with van der Waals surface area (Å²) in [6.45, 7) is -0.00738. The zero-order valence-electron chi connectivity index (χ0n) is 11.6. The zero-order chi connectivity index (χ0) is 15.1. The fourth-order valence-corrected chi connectivity index (χ4v) is 3.15. The molecule has 0 saturated carbocycles. The molecule has 21 heavy (non-hydrogen) atoms. The minimum absolute atomic E-state index is 0.00738. The van der Waals surface area contributed by atoms with E-state index in [1.807, 2.05) is 11.8 Å². The topological polar surface area (TPSA) is 96.9 Å². The third-order valence-electron chi connectivity index (χ3n) is 3.21. The Labute approximate surface area is 127 Å². The second-order valence-electron chi connectivity index (χ2n) is 4.75. The van der Waals surface area contributed by atoms with Crippen molar-refractivity contribution in [2.45, 2.75) is 18.9 Å². The molecule has 6 nitrogen and oxygen atoms in total. The number of nitrogens with zero attached hydrogens (tertiary/aromatic N) is 1. The highest BCUT2D eigenvalue weighted by atomic mass is 32.2. The summed E-state index contributed by atoms with van der Waals surface area (Å²) in [5.74, 6) is 2.70. The average molecular weight is 309 g/mol. The first-order valence-electron chi connectivity index (χ1n) is 6.77. The van der Waals surface area contributed by atoms with Crippen molar-refractivity contribution in [1.29, 1.82) is 0 Å². The number of carbonyl (C=O) groups excluding carboxylic acids is 1. The highest BCUT2D eigenvalue weighted by Crippen LogP contribution is 2.17. The van der Waals surface area contributed by atoms with Crippen LogP contribution in [-0.2, 0) is 4.79 Å². The molecule has 1 amide bonds. The van der Waals surface area contributed by atoms with E-state index in [1.165, 1.54) is 0 Å². The number of ether oxygens (including phenoxy) is 1. The monoisotopic (exact) mass is 309 g/mol. The largest absolute Gasteiger partial charge is 0.484 e. The fourth-order valence-electron chi connectivity index (χ4n) is 2.04. The maximum absolute atomic E-state index is 11.8. The van der Waals surface area contributed by atoms with E-state index in [1.54, 1.807) is 24.3 Å². The lowest BCUT2D eigenvalue weighted by molar-refractivity contribution is -0.123. The molecule has 1 aromatic carbocycles. The normalized spacial score (nSPS) is 16.5. The SMILES string of the molecule is N/C(=N/O)c1ccc(OCC(=O)NC2CCSCC2)cc1. The number of amidine groups is 1. The van der Waals surface area contributed by atoms with E-state index in [0.717, 1.165) is 24.3 Å². The smallest absolute Gasteiger partial charge is 0.258 e. The summed E-state index contributed by atoms with van der Waals surface area (Å²) in [5, 5.41) is 14.5. The molecule has 0 bridgehead atoms. The number of rotatable bonds is 5. The van der Waals surface area contributed by atoms with Gasteiger partial charge in [0.1, 0.15) is 5.75 Å².